The van der Waals surface area contributed by atoms with Crippen molar-refractivity contribution in [3.05, 3.63) is 0 Å². The van der Waals surface area contributed by atoms with Crippen molar-refractivity contribution in [3.8, 4) is 0 Å². The van der Waals surface area contributed by atoms with Crippen LogP contribution in [0.15, 0.2) is 0 Å². The molecule has 2 aliphatic carbocycles. The lowest BCUT2D eigenvalue weighted by molar-refractivity contribution is -0.125. The molecule has 0 amide bonds. The number of ketones is 1. The van der Waals surface area contributed by atoms with Crippen molar-refractivity contribution in [2.45, 2.75) is 46.1 Å². The van der Waals surface area contributed by atoms with Crippen molar-refractivity contribution in [2.24, 2.45) is 23.2 Å². The van der Waals surface area contributed by atoms with Gasteiger partial charge in [0.15, 0.2) is 0 Å². The van der Waals surface area contributed by atoms with Gasteiger partial charge in [-0.05, 0) is 24.2 Å². The first-order valence-electron chi connectivity index (χ1n) is 5.64. The summed E-state index contributed by atoms with van der Waals surface area (Å²) in [6.07, 6.45) is 2.28. The number of carbonyl (C=O) groups excluding carboxylic acids is 1. The topological polar surface area (TPSA) is 37.3 Å². The van der Waals surface area contributed by atoms with Crippen LogP contribution in [0.2, 0.25) is 0 Å². The molecule has 4 unspecified atom stereocenters. The Morgan fingerprint density at radius 2 is 2.00 bits per heavy atom. The first kappa shape index (κ1) is 10.2. The highest BCUT2D eigenvalue weighted by Crippen LogP contribution is 2.52. The zero-order valence-electron chi connectivity index (χ0n) is 9.29. The van der Waals surface area contributed by atoms with E-state index in [1.807, 2.05) is 0 Å². The van der Waals surface area contributed by atoms with E-state index in [0.717, 1.165) is 12.8 Å². The zero-order valence-corrected chi connectivity index (χ0v) is 9.29. The Labute approximate surface area is 85.7 Å². The van der Waals surface area contributed by atoms with Gasteiger partial charge in [-0.3, -0.25) is 4.79 Å². The summed E-state index contributed by atoms with van der Waals surface area (Å²) in [4.78, 5) is 11.9. The minimum Gasteiger partial charge on any atom is -0.393 e. The van der Waals surface area contributed by atoms with Crippen molar-refractivity contribution < 1.29 is 9.90 Å². The van der Waals surface area contributed by atoms with Crippen LogP contribution in [0.4, 0.5) is 0 Å². The molecule has 1 N–H and O–H groups in total. The summed E-state index contributed by atoms with van der Waals surface area (Å²) >= 11 is 0. The molecule has 0 radical (unpaired) electrons. The lowest BCUT2D eigenvalue weighted by Crippen LogP contribution is -2.41. The van der Waals surface area contributed by atoms with E-state index in [1.54, 1.807) is 0 Å². The number of aliphatic hydroxyl groups is 1. The van der Waals surface area contributed by atoms with E-state index in [2.05, 4.69) is 20.8 Å². The Morgan fingerprint density at radius 3 is 2.57 bits per heavy atom. The van der Waals surface area contributed by atoms with Gasteiger partial charge < -0.3 is 5.11 Å². The molecule has 0 aromatic carbocycles. The van der Waals surface area contributed by atoms with E-state index in [0.29, 0.717) is 18.1 Å². The van der Waals surface area contributed by atoms with Crippen LogP contribution in [0.25, 0.3) is 0 Å². The average Bonchev–Trinajstić information content (AvgIpc) is 2.30. The fourth-order valence-electron chi connectivity index (χ4n) is 3.60. The minimum absolute atomic E-state index is 0.00977. The number of carbonyl (C=O) groups is 1. The molecular weight excluding hydrogens is 176 g/mol. The van der Waals surface area contributed by atoms with Gasteiger partial charge in [-0.1, -0.05) is 20.8 Å². The van der Waals surface area contributed by atoms with Gasteiger partial charge >= 0.3 is 0 Å². The highest BCUT2D eigenvalue weighted by Gasteiger charge is 2.54. The average molecular weight is 196 g/mol. The summed E-state index contributed by atoms with van der Waals surface area (Å²) in [5.41, 5.74) is 0.00977. The molecule has 0 bridgehead atoms. The maximum atomic E-state index is 11.9. The molecule has 2 rings (SSSR count). The molecule has 0 saturated heterocycles. The Morgan fingerprint density at radius 1 is 1.36 bits per heavy atom. The highest BCUT2D eigenvalue weighted by molar-refractivity contribution is 5.85. The van der Waals surface area contributed by atoms with Crippen LogP contribution >= 0.6 is 0 Å². The number of aliphatic hydroxyl groups excluding tert-OH is 1. The van der Waals surface area contributed by atoms with Crippen molar-refractivity contribution in [2.75, 3.05) is 0 Å². The molecule has 2 nitrogen and oxygen atoms in total. The molecule has 2 aliphatic rings. The molecule has 0 aromatic rings. The fourth-order valence-corrected chi connectivity index (χ4v) is 3.60. The van der Waals surface area contributed by atoms with E-state index < -0.39 is 0 Å². The Bertz CT molecular complexity index is 257. The summed E-state index contributed by atoms with van der Waals surface area (Å²) in [6, 6.07) is 0. The zero-order chi connectivity index (χ0) is 10.5. The van der Waals surface area contributed by atoms with Crippen LogP contribution < -0.4 is 0 Å². The Balaban J connectivity index is 2.32. The van der Waals surface area contributed by atoms with Crippen LogP contribution in [0.3, 0.4) is 0 Å². The van der Waals surface area contributed by atoms with Gasteiger partial charge in [0.1, 0.15) is 5.78 Å². The third-order valence-corrected chi connectivity index (χ3v) is 4.24. The Kier molecular flexibility index (Phi) is 2.22. The number of hydrogen-bond donors (Lipinski definition) is 1. The molecule has 2 saturated carbocycles. The first-order valence-corrected chi connectivity index (χ1v) is 5.64. The van der Waals surface area contributed by atoms with Crippen molar-refractivity contribution >= 4 is 5.78 Å². The smallest absolute Gasteiger partial charge is 0.137 e. The van der Waals surface area contributed by atoms with E-state index in [4.69, 9.17) is 0 Å². The van der Waals surface area contributed by atoms with Crippen LogP contribution in [0.5, 0.6) is 0 Å². The van der Waals surface area contributed by atoms with E-state index in [1.165, 1.54) is 0 Å². The molecule has 0 heterocycles. The summed E-state index contributed by atoms with van der Waals surface area (Å²) in [5.74, 6) is 1.19. The SMILES string of the molecule is CC1CCC(O)C2C1C(=O)CC2(C)C. The molecule has 0 spiro atoms. The second-order valence-corrected chi connectivity index (χ2v) is 5.81. The second kappa shape index (κ2) is 3.06. The standard InChI is InChI=1S/C12H20O2/c1-7-4-5-8(13)11-10(7)9(14)6-12(11,2)3/h7-8,10-11,13H,4-6H2,1-3H3. The summed E-state index contributed by atoms with van der Waals surface area (Å²) < 4.78 is 0. The second-order valence-electron chi connectivity index (χ2n) is 5.81. The van der Waals surface area contributed by atoms with E-state index in [-0.39, 0.29) is 23.4 Å². The predicted octanol–water partition coefficient (Wildman–Crippen LogP) is 2.01. The van der Waals surface area contributed by atoms with Gasteiger partial charge in [-0.25, -0.2) is 0 Å². The largest absolute Gasteiger partial charge is 0.393 e. The number of fused-ring (bicyclic) bond motifs is 1. The summed E-state index contributed by atoms with van der Waals surface area (Å²) in [7, 11) is 0. The Hall–Kier alpha value is -0.370. The fraction of sp³-hybridized carbons (Fsp3) is 0.917. The van der Waals surface area contributed by atoms with E-state index in [9.17, 15) is 9.90 Å². The van der Waals surface area contributed by atoms with Crippen LogP contribution in [-0.2, 0) is 4.79 Å². The first-order chi connectivity index (χ1) is 6.43. The van der Waals surface area contributed by atoms with Crippen LogP contribution in [0, 0.1) is 23.2 Å². The molecule has 80 valence electrons. The highest BCUT2D eigenvalue weighted by atomic mass is 16.3. The monoisotopic (exact) mass is 196 g/mol. The van der Waals surface area contributed by atoms with Crippen molar-refractivity contribution in [1.29, 1.82) is 0 Å². The molecule has 0 aromatic heterocycles. The van der Waals surface area contributed by atoms with Crippen molar-refractivity contribution in [3.63, 3.8) is 0 Å². The van der Waals surface area contributed by atoms with Gasteiger partial charge in [0, 0.05) is 18.3 Å². The summed E-state index contributed by atoms with van der Waals surface area (Å²) in [6.45, 7) is 6.40. The predicted molar refractivity (Wildman–Crippen MR) is 54.8 cm³/mol. The number of hydrogen-bond acceptors (Lipinski definition) is 2. The third-order valence-electron chi connectivity index (χ3n) is 4.24. The molecule has 2 heteroatoms. The maximum absolute atomic E-state index is 11.9. The normalized spacial score (nSPS) is 46.4. The van der Waals surface area contributed by atoms with Crippen LogP contribution in [-0.4, -0.2) is 17.0 Å². The van der Waals surface area contributed by atoms with E-state index >= 15 is 0 Å². The molecular formula is C12H20O2. The number of rotatable bonds is 0. The molecule has 2 fully saturated rings. The quantitative estimate of drug-likeness (QED) is 0.643. The van der Waals surface area contributed by atoms with Gasteiger partial charge in [0.25, 0.3) is 0 Å². The van der Waals surface area contributed by atoms with Gasteiger partial charge in [0.05, 0.1) is 6.10 Å². The van der Waals surface area contributed by atoms with Crippen molar-refractivity contribution in [1.82, 2.24) is 0 Å². The van der Waals surface area contributed by atoms with Gasteiger partial charge in [-0.15, -0.1) is 0 Å². The van der Waals surface area contributed by atoms with Crippen LogP contribution in [0.1, 0.15) is 40.0 Å². The minimum atomic E-state index is -0.252. The summed E-state index contributed by atoms with van der Waals surface area (Å²) in [5, 5.41) is 10.00. The van der Waals surface area contributed by atoms with Gasteiger partial charge in [0.2, 0.25) is 0 Å². The maximum Gasteiger partial charge on any atom is 0.137 e. The lowest BCUT2D eigenvalue weighted by Gasteiger charge is -2.40. The molecule has 0 aliphatic heterocycles. The van der Waals surface area contributed by atoms with Gasteiger partial charge in [-0.2, -0.15) is 0 Å². The molecule has 14 heavy (non-hydrogen) atoms. The molecule has 4 atom stereocenters. The third kappa shape index (κ3) is 1.31. The lowest BCUT2D eigenvalue weighted by atomic mass is 9.66. The number of Topliss-reactive ketones (excluding diaryl/α,β-unsaturated/α-hetero) is 1.